The number of para-hydroxylation sites is 1. The Morgan fingerprint density at radius 2 is 1.96 bits per heavy atom. The number of hydrogen-bond acceptors (Lipinski definition) is 4. The van der Waals surface area contributed by atoms with Crippen LogP contribution in [-0.2, 0) is 20.7 Å². The molecule has 2 amide bonds. The molecule has 4 aliphatic rings. The zero-order valence-corrected chi connectivity index (χ0v) is 15.9. The van der Waals surface area contributed by atoms with Crippen molar-refractivity contribution in [2.75, 3.05) is 38.2 Å². The quantitative estimate of drug-likeness (QED) is 0.791. The van der Waals surface area contributed by atoms with Gasteiger partial charge in [-0.15, -0.1) is 0 Å². The minimum absolute atomic E-state index is 0.0679. The molecule has 1 spiro atoms. The van der Waals surface area contributed by atoms with Crippen molar-refractivity contribution in [3.63, 3.8) is 0 Å². The summed E-state index contributed by atoms with van der Waals surface area (Å²) in [6, 6.07) is 9.00. The van der Waals surface area contributed by atoms with Crippen LogP contribution in [0.5, 0.6) is 0 Å². The molecule has 6 nitrogen and oxygen atoms in total. The lowest BCUT2D eigenvalue weighted by Crippen LogP contribution is -2.61. The SMILES string of the molecule is CN1CC2(CC3CCC(C2)N3CC(=O)N2CCc3ccccc32)OCC1=O. The number of hydrogen-bond donors (Lipinski definition) is 0. The summed E-state index contributed by atoms with van der Waals surface area (Å²) in [6.45, 7) is 2.16. The zero-order valence-electron chi connectivity index (χ0n) is 15.9. The average molecular weight is 369 g/mol. The molecule has 144 valence electrons. The third kappa shape index (κ3) is 2.86. The average Bonchev–Trinajstić information content (AvgIpc) is 3.18. The van der Waals surface area contributed by atoms with Crippen LogP contribution in [0.15, 0.2) is 24.3 Å². The number of morpholine rings is 1. The van der Waals surface area contributed by atoms with Crippen LogP contribution in [0.3, 0.4) is 0 Å². The number of carbonyl (C=O) groups excluding carboxylic acids is 2. The third-order valence-corrected chi connectivity index (χ3v) is 6.95. The van der Waals surface area contributed by atoms with Crippen molar-refractivity contribution in [3.8, 4) is 0 Å². The second kappa shape index (κ2) is 6.31. The Morgan fingerprint density at radius 1 is 1.22 bits per heavy atom. The predicted octanol–water partition coefficient (Wildman–Crippen LogP) is 1.43. The van der Waals surface area contributed by atoms with Crippen molar-refractivity contribution in [1.82, 2.24) is 9.80 Å². The molecule has 3 saturated heterocycles. The summed E-state index contributed by atoms with van der Waals surface area (Å²) in [6.07, 6.45) is 5.04. The molecule has 1 aromatic rings. The molecule has 4 aliphatic heterocycles. The summed E-state index contributed by atoms with van der Waals surface area (Å²) in [5.74, 6) is 0.280. The van der Waals surface area contributed by atoms with Crippen LogP contribution in [0.2, 0.25) is 0 Å². The van der Waals surface area contributed by atoms with Crippen LogP contribution in [0.4, 0.5) is 5.69 Å². The lowest BCUT2D eigenvalue weighted by Gasteiger charge is -2.49. The Bertz CT molecular complexity index is 766. The zero-order chi connectivity index (χ0) is 18.6. The number of piperidine rings is 1. The topological polar surface area (TPSA) is 53.1 Å². The van der Waals surface area contributed by atoms with Crippen molar-refractivity contribution in [3.05, 3.63) is 29.8 Å². The van der Waals surface area contributed by atoms with Crippen molar-refractivity contribution < 1.29 is 14.3 Å². The molecule has 0 radical (unpaired) electrons. The predicted molar refractivity (Wildman–Crippen MR) is 102 cm³/mol. The van der Waals surface area contributed by atoms with Gasteiger partial charge in [0.2, 0.25) is 11.8 Å². The molecule has 2 atom stereocenters. The smallest absolute Gasteiger partial charge is 0.248 e. The largest absolute Gasteiger partial charge is 0.363 e. The van der Waals surface area contributed by atoms with Gasteiger partial charge in [0, 0.05) is 37.9 Å². The molecule has 2 unspecified atom stereocenters. The summed E-state index contributed by atoms with van der Waals surface area (Å²) >= 11 is 0. The second-order valence-electron chi connectivity index (χ2n) is 8.61. The van der Waals surface area contributed by atoms with Gasteiger partial charge in [-0.2, -0.15) is 0 Å². The van der Waals surface area contributed by atoms with Gasteiger partial charge in [0.25, 0.3) is 0 Å². The van der Waals surface area contributed by atoms with E-state index in [1.807, 2.05) is 29.0 Å². The highest BCUT2D eigenvalue weighted by Crippen LogP contribution is 2.44. The van der Waals surface area contributed by atoms with Crippen LogP contribution in [0.25, 0.3) is 0 Å². The first kappa shape index (κ1) is 17.2. The molecule has 6 heteroatoms. The fraction of sp³-hybridized carbons (Fsp3) is 0.619. The first-order chi connectivity index (χ1) is 13.0. The van der Waals surface area contributed by atoms with Gasteiger partial charge in [-0.1, -0.05) is 18.2 Å². The number of nitrogens with zero attached hydrogens (tertiary/aromatic N) is 3. The standard InChI is InChI=1S/C21H27N3O3/c1-22-14-21(27-13-20(22)26)10-16-6-7-17(11-21)24(16)12-19(25)23-9-8-15-4-2-3-5-18(15)23/h2-5,16-17H,6-14H2,1H3. The summed E-state index contributed by atoms with van der Waals surface area (Å²) in [5, 5.41) is 0. The molecule has 1 aromatic carbocycles. The van der Waals surface area contributed by atoms with E-state index in [1.165, 1.54) is 5.56 Å². The Labute approximate surface area is 160 Å². The minimum atomic E-state index is -0.214. The van der Waals surface area contributed by atoms with Crippen LogP contribution in [-0.4, -0.2) is 72.6 Å². The first-order valence-electron chi connectivity index (χ1n) is 10.1. The fourth-order valence-corrected chi connectivity index (χ4v) is 5.63. The van der Waals surface area contributed by atoms with Crippen LogP contribution in [0.1, 0.15) is 31.2 Å². The summed E-state index contributed by atoms with van der Waals surface area (Å²) in [4.78, 5) is 31.0. The van der Waals surface area contributed by atoms with Gasteiger partial charge in [-0.05, 0) is 43.7 Å². The number of amides is 2. The molecule has 4 heterocycles. The highest BCUT2D eigenvalue weighted by molar-refractivity contribution is 5.96. The molecule has 0 N–H and O–H groups in total. The third-order valence-electron chi connectivity index (χ3n) is 6.95. The van der Waals surface area contributed by atoms with E-state index in [9.17, 15) is 9.59 Å². The maximum Gasteiger partial charge on any atom is 0.248 e. The van der Waals surface area contributed by atoms with Gasteiger partial charge < -0.3 is 14.5 Å². The number of fused-ring (bicyclic) bond motifs is 3. The number of carbonyl (C=O) groups is 2. The summed E-state index contributed by atoms with van der Waals surface area (Å²) in [7, 11) is 1.87. The van der Waals surface area contributed by atoms with Crippen molar-refractivity contribution in [2.24, 2.45) is 0 Å². The van der Waals surface area contributed by atoms with E-state index >= 15 is 0 Å². The molecule has 27 heavy (non-hydrogen) atoms. The number of benzene rings is 1. The molecule has 0 aromatic heterocycles. The van der Waals surface area contributed by atoms with Crippen LogP contribution < -0.4 is 4.90 Å². The first-order valence-corrected chi connectivity index (χ1v) is 10.1. The minimum Gasteiger partial charge on any atom is -0.363 e. The maximum absolute atomic E-state index is 13.1. The van der Waals surface area contributed by atoms with E-state index in [0.717, 1.165) is 44.3 Å². The second-order valence-corrected chi connectivity index (χ2v) is 8.61. The van der Waals surface area contributed by atoms with E-state index in [1.54, 1.807) is 0 Å². The lowest BCUT2D eigenvalue weighted by molar-refractivity contribution is -0.174. The lowest BCUT2D eigenvalue weighted by atomic mass is 9.84. The Balaban J connectivity index is 1.28. The highest BCUT2D eigenvalue weighted by Gasteiger charge is 2.52. The van der Waals surface area contributed by atoms with Crippen LogP contribution in [0, 0.1) is 0 Å². The van der Waals surface area contributed by atoms with E-state index in [2.05, 4.69) is 17.0 Å². The van der Waals surface area contributed by atoms with E-state index < -0.39 is 0 Å². The van der Waals surface area contributed by atoms with Crippen LogP contribution >= 0.6 is 0 Å². The van der Waals surface area contributed by atoms with E-state index in [4.69, 9.17) is 4.74 Å². The fourth-order valence-electron chi connectivity index (χ4n) is 5.63. The van der Waals surface area contributed by atoms with Gasteiger partial charge in [0.1, 0.15) is 6.61 Å². The van der Waals surface area contributed by atoms with Crippen molar-refractivity contribution in [2.45, 2.75) is 49.8 Å². The molecule has 3 fully saturated rings. The number of ether oxygens (including phenoxy) is 1. The van der Waals surface area contributed by atoms with Gasteiger partial charge in [-0.3, -0.25) is 14.5 Å². The highest BCUT2D eigenvalue weighted by atomic mass is 16.5. The normalized spacial score (nSPS) is 33.0. The Kier molecular flexibility index (Phi) is 4.02. The molecule has 0 aliphatic carbocycles. The number of rotatable bonds is 2. The van der Waals surface area contributed by atoms with Gasteiger partial charge in [0.15, 0.2) is 0 Å². The monoisotopic (exact) mass is 369 g/mol. The van der Waals surface area contributed by atoms with E-state index in [-0.39, 0.29) is 24.0 Å². The van der Waals surface area contributed by atoms with Gasteiger partial charge in [-0.25, -0.2) is 0 Å². The van der Waals surface area contributed by atoms with Gasteiger partial charge >= 0.3 is 0 Å². The molecule has 2 bridgehead atoms. The Morgan fingerprint density at radius 3 is 2.70 bits per heavy atom. The number of likely N-dealkylation sites (N-methyl/N-ethyl adjacent to an activating group) is 1. The molecular weight excluding hydrogens is 342 g/mol. The molecule has 0 saturated carbocycles. The summed E-state index contributed by atoms with van der Waals surface area (Å²) in [5.41, 5.74) is 2.14. The molecule has 5 rings (SSSR count). The van der Waals surface area contributed by atoms with Gasteiger partial charge in [0.05, 0.1) is 12.1 Å². The van der Waals surface area contributed by atoms with Crippen molar-refractivity contribution >= 4 is 17.5 Å². The summed E-state index contributed by atoms with van der Waals surface area (Å²) < 4.78 is 6.06. The number of anilines is 1. The molecular formula is C21H27N3O3. The maximum atomic E-state index is 13.1. The van der Waals surface area contributed by atoms with E-state index in [0.29, 0.717) is 25.2 Å². The Hall–Kier alpha value is -1.92. The van der Waals surface area contributed by atoms with Crippen molar-refractivity contribution in [1.29, 1.82) is 0 Å².